The maximum Gasteiger partial charge on any atom is 0.307 e. The Bertz CT molecular complexity index is 420. The molecule has 0 aromatic carbocycles. The SMILES string of the molecule is CCCCCCCCCCCCCCCCC(CS(=O)(=O)O)C(=O)O. The third kappa shape index (κ3) is 18.0. The van der Waals surface area contributed by atoms with Crippen molar-refractivity contribution in [2.75, 3.05) is 5.75 Å². The quantitative estimate of drug-likeness (QED) is 0.244. The predicted octanol–water partition coefficient (Wildman–Crippen LogP) is 5.45. The molecule has 0 saturated carbocycles. The topological polar surface area (TPSA) is 91.7 Å². The van der Waals surface area contributed by atoms with Crippen LogP contribution in [0.3, 0.4) is 0 Å². The van der Waals surface area contributed by atoms with Gasteiger partial charge in [0.05, 0.1) is 11.7 Å². The highest BCUT2D eigenvalue weighted by molar-refractivity contribution is 7.85. The number of aliphatic carboxylic acids is 1. The van der Waals surface area contributed by atoms with Gasteiger partial charge >= 0.3 is 5.97 Å². The lowest BCUT2D eigenvalue weighted by molar-refractivity contribution is -0.141. The molecule has 2 N–H and O–H groups in total. The average Bonchev–Trinajstić information content (AvgIpc) is 2.52. The molecule has 0 fully saturated rings. The summed E-state index contributed by atoms with van der Waals surface area (Å²) in [6, 6.07) is 0. The third-order valence-electron chi connectivity index (χ3n) is 4.67. The van der Waals surface area contributed by atoms with Crippen LogP contribution in [0, 0.1) is 5.92 Å². The number of carboxylic acids is 1. The van der Waals surface area contributed by atoms with E-state index in [0.717, 1.165) is 19.3 Å². The van der Waals surface area contributed by atoms with Gasteiger partial charge in [-0.1, -0.05) is 96.8 Å². The van der Waals surface area contributed by atoms with Crippen LogP contribution in [-0.4, -0.2) is 29.8 Å². The second kappa shape index (κ2) is 15.6. The van der Waals surface area contributed by atoms with Crippen LogP contribution >= 0.6 is 0 Å². The standard InChI is InChI=1S/C19H38O5S/c1-2-3-4-5-6-7-8-9-10-11-12-13-14-15-16-18(19(20)21)17-25(22,23)24/h18H,2-17H2,1H3,(H,20,21)(H,22,23,24). The van der Waals surface area contributed by atoms with Crippen molar-refractivity contribution < 1.29 is 22.9 Å². The molecular formula is C19H38O5S. The van der Waals surface area contributed by atoms with Crippen molar-refractivity contribution in [1.29, 1.82) is 0 Å². The van der Waals surface area contributed by atoms with Gasteiger partial charge in [-0.3, -0.25) is 9.35 Å². The summed E-state index contributed by atoms with van der Waals surface area (Å²) in [7, 11) is -4.22. The van der Waals surface area contributed by atoms with Crippen molar-refractivity contribution in [1.82, 2.24) is 0 Å². The molecule has 0 aliphatic carbocycles. The molecule has 0 aromatic heterocycles. The van der Waals surface area contributed by atoms with Crippen LogP contribution in [0.4, 0.5) is 0 Å². The lowest BCUT2D eigenvalue weighted by Gasteiger charge is -2.10. The molecule has 0 aliphatic heterocycles. The Kier molecular flexibility index (Phi) is 15.2. The number of carbonyl (C=O) groups is 1. The average molecular weight is 379 g/mol. The summed E-state index contributed by atoms with van der Waals surface area (Å²) in [6.07, 6.45) is 17.4. The Hall–Kier alpha value is -0.620. The van der Waals surface area contributed by atoms with Crippen LogP contribution in [-0.2, 0) is 14.9 Å². The van der Waals surface area contributed by atoms with Crippen molar-refractivity contribution in [3.05, 3.63) is 0 Å². The molecule has 0 spiro atoms. The maximum absolute atomic E-state index is 11.0. The summed E-state index contributed by atoms with van der Waals surface area (Å²) in [5.74, 6) is -2.82. The van der Waals surface area contributed by atoms with Crippen LogP contribution in [0.5, 0.6) is 0 Å². The summed E-state index contributed by atoms with van der Waals surface area (Å²) in [6.45, 7) is 2.24. The van der Waals surface area contributed by atoms with Gasteiger partial charge in [0.1, 0.15) is 0 Å². The van der Waals surface area contributed by atoms with Gasteiger partial charge in [0.15, 0.2) is 0 Å². The van der Waals surface area contributed by atoms with Gasteiger partial charge in [0.2, 0.25) is 0 Å². The van der Waals surface area contributed by atoms with E-state index in [-0.39, 0.29) is 0 Å². The molecule has 6 heteroatoms. The largest absolute Gasteiger partial charge is 0.481 e. The van der Waals surface area contributed by atoms with Gasteiger partial charge < -0.3 is 5.11 Å². The number of carboxylic acid groups (broad SMARTS) is 1. The number of unbranched alkanes of at least 4 members (excludes halogenated alkanes) is 13. The molecule has 0 saturated heterocycles. The van der Waals surface area contributed by atoms with E-state index in [2.05, 4.69) is 6.92 Å². The van der Waals surface area contributed by atoms with Crippen LogP contribution < -0.4 is 0 Å². The Morgan fingerprint density at radius 3 is 1.44 bits per heavy atom. The summed E-state index contributed by atoms with van der Waals surface area (Å²) >= 11 is 0. The first kappa shape index (κ1) is 24.4. The van der Waals surface area contributed by atoms with Crippen LogP contribution in [0.1, 0.15) is 103 Å². The second-order valence-corrected chi connectivity index (χ2v) is 8.67. The molecule has 0 radical (unpaired) electrons. The molecule has 25 heavy (non-hydrogen) atoms. The monoisotopic (exact) mass is 378 g/mol. The molecule has 0 rings (SSSR count). The van der Waals surface area contributed by atoms with Gasteiger partial charge in [-0.05, 0) is 6.42 Å². The summed E-state index contributed by atoms with van der Waals surface area (Å²) < 4.78 is 30.3. The van der Waals surface area contributed by atoms with Crippen molar-refractivity contribution in [2.45, 2.75) is 103 Å². The fraction of sp³-hybridized carbons (Fsp3) is 0.947. The molecule has 0 heterocycles. The molecule has 1 atom stereocenters. The Balaban J connectivity index is 3.41. The molecule has 1 unspecified atom stereocenters. The minimum absolute atomic E-state index is 0.313. The minimum Gasteiger partial charge on any atom is -0.481 e. The van der Waals surface area contributed by atoms with Crippen molar-refractivity contribution in [3.8, 4) is 0 Å². The van der Waals surface area contributed by atoms with Gasteiger partial charge in [-0.15, -0.1) is 0 Å². The zero-order valence-electron chi connectivity index (χ0n) is 15.9. The number of rotatable bonds is 18. The second-order valence-electron chi connectivity index (χ2n) is 7.17. The van der Waals surface area contributed by atoms with E-state index in [1.165, 1.54) is 64.2 Å². The highest BCUT2D eigenvalue weighted by atomic mass is 32.2. The summed E-state index contributed by atoms with van der Waals surface area (Å²) in [5.41, 5.74) is 0. The molecule has 0 bridgehead atoms. The minimum atomic E-state index is -4.22. The van der Waals surface area contributed by atoms with E-state index >= 15 is 0 Å². The Morgan fingerprint density at radius 2 is 1.12 bits per heavy atom. The van der Waals surface area contributed by atoms with Gasteiger partial charge in [0, 0.05) is 0 Å². The van der Waals surface area contributed by atoms with E-state index in [1.54, 1.807) is 0 Å². The number of hydrogen-bond acceptors (Lipinski definition) is 3. The Labute approximate surface area is 154 Å². The zero-order chi connectivity index (χ0) is 19.0. The van der Waals surface area contributed by atoms with E-state index in [9.17, 15) is 13.2 Å². The van der Waals surface area contributed by atoms with Crippen molar-refractivity contribution in [3.63, 3.8) is 0 Å². The van der Waals surface area contributed by atoms with E-state index in [0.29, 0.717) is 12.8 Å². The number of hydrogen-bond donors (Lipinski definition) is 2. The first-order valence-corrected chi connectivity index (χ1v) is 11.7. The van der Waals surface area contributed by atoms with Gasteiger partial charge in [0.25, 0.3) is 10.1 Å². The fourth-order valence-corrected chi connectivity index (χ4v) is 3.94. The van der Waals surface area contributed by atoms with Crippen molar-refractivity contribution >= 4 is 16.1 Å². The zero-order valence-corrected chi connectivity index (χ0v) is 16.7. The molecular weight excluding hydrogens is 340 g/mol. The predicted molar refractivity (Wildman–Crippen MR) is 102 cm³/mol. The lowest BCUT2D eigenvalue weighted by Crippen LogP contribution is -2.23. The molecule has 0 aromatic rings. The normalized spacial score (nSPS) is 13.0. The highest BCUT2D eigenvalue weighted by Crippen LogP contribution is 2.16. The molecule has 5 nitrogen and oxygen atoms in total. The highest BCUT2D eigenvalue weighted by Gasteiger charge is 2.23. The van der Waals surface area contributed by atoms with Crippen LogP contribution in [0.2, 0.25) is 0 Å². The Morgan fingerprint density at radius 1 is 0.760 bits per heavy atom. The van der Waals surface area contributed by atoms with Gasteiger partial charge in [-0.25, -0.2) is 0 Å². The summed E-state index contributed by atoms with van der Waals surface area (Å²) in [5, 5.41) is 8.96. The lowest BCUT2D eigenvalue weighted by atomic mass is 10.0. The van der Waals surface area contributed by atoms with Crippen molar-refractivity contribution in [2.24, 2.45) is 5.92 Å². The molecule has 0 aliphatic rings. The van der Waals surface area contributed by atoms with E-state index < -0.39 is 27.8 Å². The molecule has 150 valence electrons. The first-order valence-electron chi connectivity index (χ1n) is 10.0. The van der Waals surface area contributed by atoms with E-state index in [1.807, 2.05) is 0 Å². The fourth-order valence-electron chi connectivity index (χ4n) is 3.12. The third-order valence-corrected chi connectivity index (χ3v) is 5.49. The first-order chi connectivity index (χ1) is 11.9. The maximum atomic E-state index is 11.0. The molecule has 0 amide bonds. The summed E-state index contributed by atoms with van der Waals surface area (Å²) in [4.78, 5) is 11.0. The van der Waals surface area contributed by atoms with Gasteiger partial charge in [-0.2, -0.15) is 8.42 Å². The van der Waals surface area contributed by atoms with Crippen LogP contribution in [0.15, 0.2) is 0 Å². The van der Waals surface area contributed by atoms with E-state index in [4.69, 9.17) is 9.66 Å². The van der Waals surface area contributed by atoms with Crippen LogP contribution in [0.25, 0.3) is 0 Å². The smallest absolute Gasteiger partial charge is 0.307 e.